The number of hydrogen-bond donors (Lipinski definition) is 0. The predicted octanol–water partition coefficient (Wildman–Crippen LogP) is 0.991. The molecule has 1 aromatic heterocycles. The molecule has 1 heterocycles. The first-order chi connectivity index (χ1) is 4.70. The minimum atomic E-state index is 1.21. The van der Waals surface area contributed by atoms with Crippen molar-refractivity contribution in [3.05, 3.63) is 18.0 Å². The number of ether oxygens (including phenoxy) is 1. The van der Waals surface area contributed by atoms with Gasteiger partial charge in [0.05, 0.1) is 6.20 Å². The van der Waals surface area contributed by atoms with Crippen molar-refractivity contribution in [2.24, 2.45) is 7.05 Å². The summed E-state index contributed by atoms with van der Waals surface area (Å²) in [5.74, 6) is 0. The normalized spacial score (nSPS) is 8.40. The van der Waals surface area contributed by atoms with Gasteiger partial charge in [0.25, 0.3) is 0 Å². The summed E-state index contributed by atoms with van der Waals surface area (Å²) in [5, 5.41) is 3.93. The van der Waals surface area contributed by atoms with Gasteiger partial charge >= 0.3 is 0 Å². The van der Waals surface area contributed by atoms with Crippen LogP contribution >= 0.6 is 0 Å². The van der Waals surface area contributed by atoms with E-state index in [0.29, 0.717) is 0 Å². The van der Waals surface area contributed by atoms with Gasteiger partial charge in [0.1, 0.15) is 0 Å². The second-order valence-electron chi connectivity index (χ2n) is 2.10. The molecule has 0 amide bonds. The highest BCUT2D eigenvalue weighted by Crippen LogP contribution is 1.88. The van der Waals surface area contributed by atoms with Crippen LogP contribution in [0.2, 0.25) is 0 Å². The zero-order valence-corrected chi connectivity index (χ0v) is 6.96. The van der Waals surface area contributed by atoms with Gasteiger partial charge in [-0.15, -0.1) is 0 Å². The van der Waals surface area contributed by atoms with Crippen LogP contribution < -0.4 is 0 Å². The third-order valence-corrected chi connectivity index (χ3v) is 0.834. The summed E-state index contributed by atoms with van der Waals surface area (Å²) in [4.78, 5) is 0. The molecule has 0 atom stereocenters. The smallest absolute Gasteiger partial charge is 0.0518 e. The summed E-state index contributed by atoms with van der Waals surface area (Å²) < 4.78 is 6.04. The van der Waals surface area contributed by atoms with Crippen molar-refractivity contribution in [2.45, 2.75) is 6.92 Å². The lowest BCUT2D eigenvalue weighted by Gasteiger charge is -1.78. The van der Waals surface area contributed by atoms with Crippen molar-refractivity contribution in [1.29, 1.82) is 0 Å². The molecule has 3 nitrogen and oxygen atoms in total. The van der Waals surface area contributed by atoms with Crippen molar-refractivity contribution in [1.82, 2.24) is 9.78 Å². The minimum absolute atomic E-state index is 1.21. The monoisotopic (exact) mass is 142 g/mol. The molecule has 0 aliphatic heterocycles. The van der Waals surface area contributed by atoms with Crippen LogP contribution in [0.3, 0.4) is 0 Å². The van der Waals surface area contributed by atoms with Crippen LogP contribution in [0.25, 0.3) is 0 Å². The van der Waals surface area contributed by atoms with Gasteiger partial charge in [0, 0.05) is 27.5 Å². The van der Waals surface area contributed by atoms with Gasteiger partial charge in [-0.25, -0.2) is 0 Å². The number of methoxy groups -OCH3 is 1. The van der Waals surface area contributed by atoms with Gasteiger partial charge < -0.3 is 4.74 Å². The average Bonchev–Trinajstić information content (AvgIpc) is 2.17. The molecule has 0 aliphatic rings. The topological polar surface area (TPSA) is 27.1 Å². The molecule has 58 valence electrons. The fourth-order valence-corrected chi connectivity index (χ4v) is 0.544. The van der Waals surface area contributed by atoms with Crippen molar-refractivity contribution < 1.29 is 4.74 Å². The van der Waals surface area contributed by atoms with Gasteiger partial charge in [0.2, 0.25) is 0 Å². The number of hydrogen-bond acceptors (Lipinski definition) is 2. The lowest BCUT2D eigenvalue weighted by molar-refractivity contribution is 0.277. The second-order valence-corrected chi connectivity index (χ2v) is 2.10. The SMILES string of the molecule is COC.Cc1cnn(C)c1. The lowest BCUT2D eigenvalue weighted by atomic mass is 10.4. The molecule has 0 fully saturated rings. The van der Waals surface area contributed by atoms with Crippen LogP contribution in [0.5, 0.6) is 0 Å². The summed E-state index contributed by atoms with van der Waals surface area (Å²) in [6.07, 6.45) is 3.81. The van der Waals surface area contributed by atoms with E-state index in [-0.39, 0.29) is 0 Å². The quantitative estimate of drug-likeness (QED) is 0.540. The molecular weight excluding hydrogens is 128 g/mol. The molecular formula is C7H14N2O. The Hall–Kier alpha value is -0.830. The maximum Gasteiger partial charge on any atom is 0.0518 e. The van der Waals surface area contributed by atoms with Crippen molar-refractivity contribution >= 4 is 0 Å². The van der Waals surface area contributed by atoms with Crippen molar-refractivity contribution in [2.75, 3.05) is 14.2 Å². The fraction of sp³-hybridized carbons (Fsp3) is 0.571. The summed E-state index contributed by atoms with van der Waals surface area (Å²) >= 11 is 0. The molecule has 1 rings (SSSR count). The highest BCUT2D eigenvalue weighted by atomic mass is 16.4. The first kappa shape index (κ1) is 9.17. The zero-order valence-electron chi connectivity index (χ0n) is 6.96. The standard InChI is InChI=1S/C5H8N2.C2H6O/c1-5-3-6-7(2)4-5;1-3-2/h3-4H,1-2H3;1-2H3. The molecule has 0 aromatic carbocycles. The van der Waals surface area contributed by atoms with Crippen LogP contribution in [0.4, 0.5) is 0 Å². The van der Waals surface area contributed by atoms with Crippen LogP contribution in [-0.2, 0) is 11.8 Å². The molecule has 0 bridgehead atoms. The van der Waals surface area contributed by atoms with E-state index in [0.717, 1.165) is 0 Å². The van der Waals surface area contributed by atoms with E-state index >= 15 is 0 Å². The zero-order chi connectivity index (χ0) is 7.98. The lowest BCUT2D eigenvalue weighted by Crippen LogP contribution is -1.83. The Kier molecular flexibility index (Phi) is 4.58. The highest BCUT2D eigenvalue weighted by molar-refractivity contribution is 4.98. The Morgan fingerprint density at radius 2 is 2.00 bits per heavy atom. The van der Waals surface area contributed by atoms with E-state index in [2.05, 4.69) is 9.84 Å². The summed E-state index contributed by atoms with van der Waals surface area (Å²) in [6.45, 7) is 2.02. The molecule has 0 radical (unpaired) electrons. The summed E-state index contributed by atoms with van der Waals surface area (Å²) in [5.41, 5.74) is 1.21. The second kappa shape index (κ2) is 4.99. The van der Waals surface area contributed by atoms with Crippen molar-refractivity contribution in [3.8, 4) is 0 Å². The Morgan fingerprint density at radius 3 is 2.10 bits per heavy atom. The van der Waals surface area contributed by atoms with Crippen LogP contribution in [0.1, 0.15) is 5.56 Å². The molecule has 0 aliphatic carbocycles. The first-order valence-corrected chi connectivity index (χ1v) is 3.06. The first-order valence-electron chi connectivity index (χ1n) is 3.06. The molecule has 3 heteroatoms. The molecule has 10 heavy (non-hydrogen) atoms. The van der Waals surface area contributed by atoms with Gasteiger partial charge in [-0.3, -0.25) is 4.68 Å². The molecule has 0 saturated carbocycles. The largest absolute Gasteiger partial charge is 0.388 e. The third-order valence-electron chi connectivity index (χ3n) is 0.834. The molecule has 0 spiro atoms. The van der Waals surface area contributed by atoms with E-state index in [4.69, 9.17) is 0 Å². The van der Waals surface area contributed by atoms with Gasteiger partial charge in [-0.1, -0.05) is 0 Å². The molecule has 0 N–H and O–H groups in total. The van der Waals surface area contributed by atoms with E-state index in [9.17, 15) is 0 Å². The van der Waals surface area contributed by atoms with Crippen molar-refractivity contribution in [3.63, 3.8) is 0 Å². The Bertz CT molecular complexity index is 155. The van der Waals surface area contributed by atoms with Crippen LogP contribution in [0, 0.1) is 6.92 Å². The third kappa shape index (κ3) is 4.09. The maximum atomic E-state index is 4.25. The van der Waals surface area contributed by atoms with Gasteiger partial charge in [-0.2, -0.15) is 5.10 Å². The highest BCUT2D eigenvalue weighted by Gasteiger charge is 1.81. The Morgan fingerprint density at radius 1 is 1.50 bits per heavy atom. The predicted molar refractivity (Wildman–Crippen MR) is 40.9 cm³/mol. The number of rotatable bonds is 0. The molecule has 0 unspecified atom stereocenters. The number of aryl methyl sites for hydroxylation is 2. The van der Waals surface area contributed by atoms with Crippen LogP contribution in [-0.4, -0.2) is 24.0 Å². The minimum Gasteiger partial charge on any atom is -0.388 e. The fourth-order valence-electron chi connectivity index (χ4n) is 0.544. The number of aromatic nitrogens is 2. The van der Waals surface area contributed by atoms with Gasteiger partial charge in [-0.05, 0) is 12.5 Å². The van der Waals surface area contributed by atoms with E-state index in [1.165, 1.54) is 5.56 Å². The molecule has 0 saturated heterocycles. The van der Waals surface area contributed by atoms with E-state index in [1.54, 1.807) is 18.9 Å². The van der Waals surface area contributed by atoms with E-state index in [1.807, 2.05) is 26.4 Å². The Labute approximate surface area is 61.6 Å². The summed E-state index contributed by atoms with van der Waals surface area (Å²) in [6, 6.07) is 0. The van der Waals surface area contributed by atoms with E-state index < -0.39 is 0 Å². The molecule has 1 aromatic rings. The van der Waals surface area contributed by atoms with Crippen LogP contribution in [0.15, 0.2) is 12.4 Å². The number of nitrogens with zero attached hydrogens (tertiary/aromatic N) is 2. The Balaban J connectivity index is 0.000000236. The summed E-state index contributed by atoms with van der Waals surface area (Å²) in [7, 11) is 5.16. The van der Waals surface area contributed by atoms with Gasteiger partial charge in [0.15, 0.2) is 0 Å². The average molecular weight is 142 g/mol. The maximum absolute atomic E-state index is 4.25.